The van der Waals surface area contributed by atoms with E-state index in [2.05, 4.69) is 5.32 Å². The van der Waals surface area contributed by atoms with Crippen molar-refractivity contribution in [3.63, 3.8) is 0 Å². The van der Waals surface area contributed by atoms with Crippen molar-refractivity contribution in [2.24, 2.45) is 0 Å². The topological polar surface area (TPSA) is 47.6 Å². The predicted molar refractivity (Wildman–Crippen MR) is 92.6 cm³/mol. The monoisotopic (exact) mass is 313 g/mol. The van der Waals surface area contributed by atoms with E-state index in [1.807, 2.05) is 45.9 Å². The number of amides is 1. The highest BCUT2D eigenvalue weighted by atomic mass is 16.5. The highest BCUT2D eigenvalue weighted by molar-refractivity contribution is 6.05. The standard InChI is InChI=1S/C19H23NO3/c1-12(2)23-17-9-7-15(11-18(17)22-5)19(21)20-16-8-6-13(3)10-14(16)4/h6-12H,1-5H3,(H,20,21). The van der Waals surface area contributed by atoms with Gasteiger partial charge in [-0.05, 0) is 57.5 Å². The van der Waals surface area contributed by atoms with E-state index >= 15 is 0 Å². The number of carbonyl (C=O) groups excluding carboxylic acids is 1. The summed E-state index contributed by atoms with van der Waals surface area (Å²) >= 11 is 0. The first-order chi connectivity index (χ1) is 10.9. The number of nitrogens with one attached hydrogen (secondary N) is 1. The largest absolute Gasteiger partial charge is 0.493 e. The van der Waals surface area contributed by atoms with Crippen molar-refractivity contribution >= 4 is 11.6 Å². The molecule has 0 atom stereocenters. The van der Waals surface area contributed by atoms with E-state index in [0.717, 1.165) is 16.8 Å². The molecule has 0 radical (unpaired) electrons. The molecule has 0 aromatic heterocycles. The first-order valence-electron chi connectivity index (χ1n) is 7.64. The maximum atomic E-state index is 12.4. The summed E-state index contributed by atoms with van der Waals surface area (Å²) in [6.07, 6.45) is 0.0405. The summed E-state index contributed by atoms with van der Waals surface area (Å²) in [6, 6.07) is 11.1. The number of rotatable bonds is 5. The van der Waals surface area contributed by atoms with Crippen LogP contribution in [-0.4, -0.2) is 19.1 Å². The van der Waals surface area contributed by atoms with Gasteiger partial charge < -0.3 is 14.8 Å². The Balaban J connectivity index is 2.22. The number of anilines is 1. The first-order valence-corrected chi connectivity index (χ1v) is 7.64. The van der Waals surface area contributed by atoms with Gasteiger partial charge in [-0.3, -0.25) is 4.79 Å². The van der Waals surface area contributed by atoms with Gasteiger partial charge in [-0.1, -0.05) is 17.7 Å². The molecule has 2 rings (SSSR count). The molecule has 0 saturated heterocycles. The third kappa shape index (κ3) is 4.25. The number of hydrogen-bond acceptors (Lipinski definition) is 3. The fourth-order valence-corrected chi connectivity index (χ4v) is 2.31. The summed E-state index contributed by atoms with van der Waals surface area (Å²) in [5.74, 6) is 1.00. The van der Waals surface area contributed by atoms with Gasteiger partial charge in [-0.25, -0.2) is 0 Å². The molecule has 23 heavy (non-hydrogen) atoms. The maximum absolute atomic E-state index is 12.4. The van der Waals surface area contributed by atoms with Crippen LogP contribution in [0, 0.1) is 13.8 Å². The van der Waals surface area contributed by atoms with Crippen LogP contribution in [0.15, 0.2) is 36.4 Å². The second kappa shape index (κ2) is 7.18. The molecular weight excluding hydrogens is 290 g/mol. The lowest BCUT2D eigenvalue weighted by Crippen LogP contribution is -2.13. The van der Waals surface area contributed by atoms with Crippen molar-refractivity contribution in [1.82, 2.24) is 0 Å². The Labute approximate surface area is 137 Å². The Morgan fingerprint density at radius 2 is 1.78 bits per heavy atom. The van der Waals surface area contributed by atoms with Gasteiger partial charge in [0.15, 0.2) is 11.5 Å². The van der Waals surface area contributed by atoms with Gasteiger partial charge in [-0.15, -0.1) is 0 Å². The molecule has 0 heterocycles. The third-order valence-electron chi connectivity index (χ3n) is 3.42. The minimum Gasteiger partial charge on any atom is -0.493 e. The lowest BCUT2D eigenvalue weighted by Gasteiger charge is -2.15. The molecule has 0 fully saturated rings. The Kier molecular flexibility index (Phi) is 5.27. The van der Waals surface area contributed by atoms with Crippen molar-refractivity contribution in [3.05, 3.63) is 53.1 Å². The molecule has 1 N–H and O–H groups in total. The summed E-state index contributed by atoms with van der Waals surface area (Å²) < 4.78 is 11.0. The SMILES string of the molecule is COc1cc(C(=O)Nc2ccc(C)cc2C)ccc1OC(C)C. The summed E-state index contributed by atoms with van der Waals surface area (Å²) in [5, 5.41) is 2.93. The van der Waals surface area contributed by atoms with Gasteiger partial charge in [0.1, 0.15) is 0 Å². The van der Waals surface area contributed by atoms with Gasteiger partial charge in [-0.2, -0.15) is 0 Å². The Morgan fingerprint density at radius 1 is 1.04 bits per heavy atom. The number of benzene rings is 2. The van der Waals surface area contributed by atoms with E-state index in [9.17, 15) is 4.79 Å². The normalized spacial score (nSPS) is 10.5. The van der Waals surface area contributed by atoms with E-state index in [1.165, 1.54) is 0 Å². The zero-order valence-corrected chi connectivity index (χ0v) is 14.3. The highest BCUT2D eigenvalue weighted by Crippen LogP contribution is 2.29. The van der Waals surface area contributed by atoms with Crippen LogP contribution in [0.5, 0.6) is 11.5 Å². The third-order valence-corrected chi connectivity index (χ3v) is 3.42. The molecule has 0 aliphatic heterocycles. The first kappa shape index (κ1) is 16.9. The van der Waals surface area contributed by atoms with Gasteiger partial charge in [0, 0.05) is 11.3 Å². The van der Waals surface area contributed by atoms with Crippen LogP contribution in [0.25, 0.3) is 0 Å². The van der Waals surface area contributed by atoms with E-state index in [0.29, 0.717) is 17.1 Å². The lowest BCUT2D eigenvalue weighted by molar-refractivity contribution is 0.102. The smallest absolute Gasteiger partial charge is 0.255 e. The van der Waals surface area contributed by atoms with Crippen LogP contribution >= 0.6 is 0 Å². The number of carbonyl (C=O) groups is 1. The average molecular weight is 313 g/mol. The highest BCUT2D eigenvalue weighted by Gasteiger charge is 2.13. The van der Waals surface area contributed by atoms with E-state index in [1.54, 1.807) is 25.3 Å². The molecule has 0 aliphatic rings. The fourth-order valence-electron chi connectivity index (χ4n) is 2.31. The fraction of sp³-hybridized carbons (Fsp3) is 0.316. The van der Waals surface area contributed by atoms with Crippen LogP contribution in [-0.2, 0) is 0 Å². The van der Waals surface area contributed by atoms with Gasteiger partial charge in [0.05, 0.1) is 13.2 Å². The molecule has 0 bridgehead atoms. The van der Waals surface area contributed by atoms with Crippen molar-refractivity contribution in [2.45, 2.75) is 33.8 Å². The van der Waals surface area contributed by atoms with Crippen molar-refractivity contribution in [2.75, 3.05) is 12.4 Å². The van der Waals surface area contributed by atoms with Crippen LogP contribution in [0.4, 0.5) is 5.69 Å². The number of ether oxygens (including phenoxy) is 2. The van der Waals surface area contributed by atoms with Crippen LogP contribution < -0.4 is 14.8 Å². The van der Waals surface area contributed by atoms with Crippen LogP contribution in [0.1, 0.15) is 35.3 Å². The molecule has 1 amide bonds. The van der Waals surface area contributed by atoms with Gasteiger partial charge in [0.25, 0.3) is 5.91 Å². The van der Waals surface area contributed by atoms with Crippen LogP contribution in [0.2, 0.25) is 0 Å². The minimum absolute atomic E-state index is 0.0405. The zero-order chi connectivity index (χ0) is 17.0. The molecule has 4 heteroatoms. The predicted octanol–water partition coefficient (Wildman–Crippen LogP) is 4.35. The molecule has 2 aromatic rings. The van der Waals surface area contributed by atoms with Crippen LogP contribution in [0.3, 0.4) is 0 Å². The second-order valence-corrected chi connectivity index (χ2v) is 5.80. The number of methoxy groups -OCH3 is 1. The summed E-state index contributed by atoms with van der Waals surface area (Å²) in [6.45, 7) is 7.89. The molecular formula is C19H23NO3. The van der Waals surface area contributed by atoms with Crippen molar-refractivity contribution < 1.29 is 14.3 Å². The average Bonchev–Trinajstić information content (AvgIpc) is 2.49. The summed E-state index contributed by atoms with van der Waals surface area (Å²) in [7, 11) is 1.56. The van der Waals surface area contributed by atoms with E-state index < -0.39 is 0 Å². The summed E-state index contributed by atoms with van der Waals surface area (Å²) in [5.41, 5.74) is 3.53. The maximum Gasteiger partial charge on any atom is 0.255 e. The zero-order valence-electron chi connectivity index (χ0n) is 14.3. The number of hydrogen-bond donors (Lipinski definition) is 1. The molecule has 0 aliphatic carbocycles. The number of aryl methyl sites for hydroxylation is 2. The Morgan fingerprint density at radius 3 is 2.39 bits per heavy atom. The Hall–Kier alpha value is -2.49. The van der Waals surface area contributed by atoms with E-state index in [-0.39, 0.29) is 12.0 Å². The molecule has 0 spiro atoms. The van der Waals surface area contributed by atoms with Crippen molar-refractivity contribution in [1.29, 1.82) is 0 Å². The summed E-state index contributed by atoms with van der Waals surface area (Å²) in [4.78, 5) is 12.4. The lowest BCUT2D eigenvalue weighted by atomic mass is 10.1. The van der Waals surface area contributed by atoms with Crippen molar-refractivity contribution in [3.8, 4) is 11.5 Å². The van der Waals surface area contributed by atoms with Gasteiger partial charge in [0.2, 0.25) is 0 Å². The quantitative estimate of drug-likeness (QED) is 0.892. The van der Waals surface area contributed by atoms with E-state index in [4.69, 9.17) is 9.47 Å². The Bertz CT molecular complexity index is 708. The molecule has 122 valence electrons. The molecule has 0 saturated carbocycles. The molecule has 0 unspecified atom stereocenters. The second-order valence-electron chi connectivity index (χ2n) is 5.80. The molecule has 2 aromatic carbocycles. The molecule has 4 nitrogen and oxygen atoms in total. The minimum atomic E-state index is -0.175. The van der Waals surface area contributed by atoms with Gasteiger partial charge >= 0.3 is 0 Å².